The molecular formula is C17H13N3O. The van der Waals surface area contributed by atoms with Crippen LogP contribution in [-0.4, -0.2) is 12.8 Å². The van der Waals surface area contributed by atoms with Crippen LogP contribution in [0.2, 0.25) is 0 Å². The van der Waals surface area contributed by atoms with E-state index in [1.807, 2.05) is 35.2 Å². The van der Waals surface area contributed by atoms with Crippen molar-refractivity contribution in [2.75, 3.05) is 11.4 Å². The molecule has 21 heavy (non-hydrogen) atoms. The Kier molecular flexibility index (Phi) is 4.69. The number of carbonyl (C=O) groups is 1. The van der Waals surface area contributed by atoms with Crippen molar-refractivity contribution in [1.29, 1.82) is 10.5 Å². The molecule has 0 heterocycles. The van der Waals surface area contributed by atoms with Gasteiger partial charge in [0, 0.05) is 17.8 Å². The number of para-hydroxylation sites is 1. The summed E-state index contributed by atoms with van der Waals surface area (Å²) in [6.07, 6.45) is 1.06. The molecule has 102 valence electrons. The molecule has 0 aromatic heterocycles. The number of hydrogen-bond donors (Lipinski definition) is 0. The number of rotatable bonds is 5. The average molecular weight is 275 g/mol. The Morgan fingerprint density at radius 1 is 1.10 bits per heavy atom. The first-order chi connectivity index (χ1) is 10.3. The van der Waals surface area contributed by atoms with Crippen LogP contribution in [0.25, 0.3) is 0 Å². The molecule has 0 saturated heterocycles. The lowest BCUT2D eigenvalue weighted by Crippen LogP contribution is -2.19. The summed E-state index contributed by atoms with van der Waals surface area (Å²) >= 11 is 0. The fourth-order valence-electron chi connectivity index (χ4n) is 2.11. The second kappa shape index (κ2) is 6.88. The summed E-state index contributed by atoms with van der Waals surface area (Å²) in [5.74, 6) is 0. The van der Waals surface area contributed by atoms with E-state index in [9.17, 15) is 10.1 Å². The van der Waals surface area contributed by atoms with E-state index in [0.29, 0.717) is 36.1 Å². The lowest BCUT2D eigenvalue weighted by Gasteiger charge is -2.25. The Balaban J connectivity index is 2.49. The lowest BCUT2D eigenvalue weighted by atomic mass is 10.1. The summed E-state index contributed by atoms with van der Waals surface area (Å²) < 4.78 is 0. The van der Waals surface area contributed by atoms with E-state index >= 15 is 0 Å². The smallest absolute Gasteiger partial charge is 0.150 e. The van der Waals surface area contributed by atoms with Gasteiger partial charge in [0.05, 0.1) is 23.7 Å². The molecule has 0 atom stereocenters. The Morgan fingerprint density at radius 2 is 1.86 bits per heavy atom. The van der Waals surface area contributed by atoms with Crippen LogP contribution in [-0.2, 0) is 0 Å². The van der Waals surface area contributed by atoms with Crippen molar-refractivity contribution >= 4 is 17.7 Å². The van der Waals surface area contributed by atoms with E-state index in [0.717, 1.165) is 5.69 Å². The minimum Gasteiger partial charge on any atom is -0.339 e. The van der Waals surface area contributed by atoms with Crippen LogP contribution >= 0.6 is 0 Å². The van der Waals surface area contributed by atoms with Crippen molar-refractivity contribution < 1.29 is 4.79 Å². The Bertz CT molecular complexity index is 711. The number of aldehydes is 1. The average Bonchev–Trinajstić information content (AvgIpc) is 2.56. The topological polar surface area (TPSA) is 67.9 Å². The summed E-state index contributed by atoms with van der Waals surface area (Å²) in [5, 5.41) is 18.1. The highest BCUT2D eigenvalue weighted by Gasteiger charge is 2.13. The first kappa shape index (κ1) is 14.3. The summed E-state index contributed by atoms with van der Waals surface area (Å²) in [4.78, 5) is 12.7. The standard InChI is InChI=1S/C17H13N3O/c18-9-4-10-20(16-5-2-1-3-6-16)17-8-7-14(13-21)11-15(17)12-19/h1-3,5-8,11,13H,4,10H2. The largest absolute Gasteiger partial charge is 0.339 e. The predicted molar refractivity (Wildman–Crippen MR) is 80.2 cm³/mol. The van der Waals surface area contributed by atoms with E-state index in [4.69, 9.17) is 5.26 Å². The molecule has 0 aliphatic rings. The minimum absolute atomic E-state index is 0.342. The van der Waals surface area contributed by atoms with Gasteiger partial charge >= 0.3 is 0 Å². The van der Waals surface area contributed by atoms with Crippen molar-refractivity contribution in [3.05, 3.63) is 59.7 Å². The van der Waals surface area contributed by atoms with Gasteiger partial charge in [-0.25, -0.2) is 0 Å². The van der Waals surface area contributed by atoms with Crippen molar-refractivity contribution in [3.8, 4) is 12.1 Å². The Morgan fingerprint density at radius 3 is 2.48 bits per heavy atom. The normalized spacial score (nSPS) is 9.43. The molecular weight excluding hydrogens is 262 g/mol. The van der Waals surface area contributed by atoms with Crippen LogP contribution < -0.4 is 4.90 Å². The first-order valence-corrected chi connectivity index (χ1v) is 6.49. The molecule has 0 bridgehead atoms. The molecule has 0 radical (unpaired) electrons. The minimum atomic E-state index is 0.342. The van der Waals surface area contributed by atoms with Gasteiger partial charge in [-0.1, -0.05) is 18.2 Å². The van der Waals surface area contributed by atoms with Gasteiger partial charge in [0.2, 0.25) is 0 Å². The number of nitrogens with zero attached hydrogens (tertiary/aromatic N) is 3. The second-order valence-electron chi connectivity index (χ2n) is 4.40. The van der Waals surface area contributed by atoms with Gasteiger partial charge in [0.15, 0.2) is 0 Å². The summed E-state index contributed by atoms with van der Waals surface area (Å²) in [6, 6.07) is 18.8. The van der Waals surface area contributed by atoms with E-state index < -0.39 is 0 Å². The number of hydrogen-bond acceptors (Lipinski definition) is 4. The third-order valence-corrected chi connectivity index (χ3v) is 3.08. The summed E-state index contributed by atoms with van der Waals surface area (Å²) in [5.41, 5.74) is 2.48. The maximum atomic E-state index is 10.8. The van der Waals surface area contributed by atoms with Gasteiger partial charge in [-0.3, -0.25) is 4.79 Å². The number of anilines is 2. The van der Waals surface area contributed by atoms with Gasteiger partial charge in [-0.05, 0) is 30.3 Å². The zero-order valence-corrected chi connectivity index (χ0v) is 11.4. The molecule has 0 aliphatic carbocycles. The van der Waals surface area contributed by atoms with Crippen molar-refractivity contribution in [2.24, 2.45) is 0 Å². The molecule has 0 saturated carbocycles. The predicted octanol–water partition coefficient (Wildman–Crippen LogP) is 3.42. The van der Waals surface area contributed by atoms with E-state index in [2.05, 4.69) is 12.1 Å². The molecule has 2 rings (SSSR count). The van der Waals surface area contributed by atoms with Crippen LogP contribution in [0.15, 0.2) is 48.5 Å². The highest BCUT2D eigenvalue weighted by molar-refractivity contribution is 5.79. The number of carbonyl (C=O) groups excluding carboxylic acids is 1. The molecule has 4 nitrogen and oxygen atoms in total. The molecule has 2 aromatic rings. The van der Waals surface area contributed by atoms with Crippen molar-refractivity contribution in [1.82, 2.24) is 0 Å². The Hall–Kier alpha value is -3.11. The summed E-state index contributed by atoms with van der Waals surface area (Å²) in [6.45, 7) is 0.482. The second-order valence-corrected chi connectivity index (χ2v) is 4.40. The molecule has 0 unspecified atom stereocenters. The fraction of sp³-hybridized carbons (Fsp3) is 0.118. The molecule has 0 aliphatic heterocycles. The van der Waals surface area contributed by atoms with Crippen LogP contribution in [0.3, 0.4) is 0 Å². The van der Waals surface area contributed by atoms with Gasteiger partial charge in [0.1, 0.15) is 12.4 Å². The van der Waals surface area contributed by atoms with Gasteiger partial charge < -0.3 is 4.90 Å². The van der Waals surface area contributed by atoms with Crippen LogP contribution in [0, 0.1) is 22.7 Å². The van der Waals surface area contributed by atoms with Gasteiger partial charge in [-0.15, -0.1) is 0 Å². The molecule has 0 amide bonds. The van der Waals surface area contributed by atoms with E-state index in [1.165, 1.54) is 0 Å². The zero-order chi connectivity index (χ0) is 15.1. The highest BCUT2D eigenvalue weighted by atomic mass is 16.1. The van der Waals surface area contributed by atoms with Crippen molar-refractivity contribution in [2.45, 2.75) is 6.42 Å². The molecule has 0 fully saturated rings. The van der Waals surface area contributed by atoms with Crippen LogP contribution in [0.5, 0.6) is 0 Å². The van der Waals surface area contributed by atoms with Gasteiger partial charge in [0.25, 0.3) is 0 Å². The maximum absolute atomic E-state index is 10.8. The highest BCUT2D eigenvalue weighted by Crippen LogP contribution is 2.29. The molecule has 2 aromatic carbocycles. The van der Waals surface area contributed by atoms with Crippen LogP contribution in [0.1, 0.15) is 22.3 Å². The zero-order valence-electron chi connectivity index (χ0n) is 11.4. The van der Waals surface area contributed by atoms with Crippen LogP contribution in [0.4, 0.5) is 11.4 Å². The monoisotopic (exact) mass is 275 g/mol. The van der Waals surface area contributed by atoms with E-state index in [-0.39, 0.29) is 0 Å². The van der Waals surface area contributed by atoms with E-state index in [1.54, 1.807) is 18.2 Å². The summed E-state index contributed by atoms with van der Waals surface area (Å²) in [7, 11) is 0. The molecule has 0 spiro atoms. The van der Waals surface area contributed by atoms with Crippen molar-refractivity contribution in [3.63, 3.8) is 0 Å². The molecule has 4 heteroatoms. The first-order valence-electron chi connectivity index (χ1n) is 6.49. The number of nitriles is 2. The third-order valence-electron chi connectivity index (χ3n) is 3.08. The Labute approximate surface area is 123 Å². The SMILES string of the molecule is N#CCCN(c1ccccc1)c1ccc(C=O)cc1C#N. The molecule has 0 N–H and O–H groups in total. The third kappa shape index (κ3) is 3.26. The lowest BCUT2D eigenvalue weighted by molar-refractivity contribution is 0.112. The fourth-order valence-corrected chi connectivity index (χ4v) is 2.11. The number of benzene rings is 2. The maximum Gasteiger partial charge on any atom is 0.150 e. The van der Waals surface area contributed by atoms with Gasteiger partial charge in [-0.2, -0.15) is 10.5 Å². The quantitative estimate of drug-likeness (QED) is 0.784.